The van der Waals surface area contributed by atoms with E-state index in [-0.39, 0.29) is 10.6 Å². The van der Waals surface area contributed by atoms with E-state index >= 15 is 0 Å². The molecule has 96 valence electrons. The standard InChI is InChI=1S/C12H12ClFN2O2/c1-15-3-2-4-16-10-6-9(14)8(13)5-7(10)11(17)12(16)18/h5-6,15H,2-4H2,1H3. The summed E-state index contributed by atoms with van der Waals surface area (Å²) >= 11 is 5.61. The molecule has 2 rings (SSSR count). The van der Waals surface area contributed by atoms with Gasteiger partial charge in [0.05, 0.1) is 16.3 Å². The number of anilines is 1. The molecule has 0 atom stereocenters. The molecule has 1 heterocycles. The van der Waals surface area contributed by atoms with Gasteiger partial charge in [0.25, 0.3) is 11.7 Å². The fourth-order valence-corrected chi connectivity index (χ4v) is 2.09. The second-order valence-corrected chi connectivity index (χ2v) is 4.43. The lowest BCUT2D eigenvalue weighted by Gasteiger charge is -2.16. The number of benzene rings is 1. The van der Waals surface area contributed by atoms with E-state index in [0.717, 1.165) is 6.07 Å². The van der Waals surface area contributed by atoms with Crippen molar-refractivity contribution in [2.45, 2.75) is 6.42 Å². The van der Waals surface area contributed by atoms with Crippen molar-refractivity contribution in [3.05, 3.63) is 28.5 Å². The number of carbonyl (C=O) groups excluding carboxylic acids is 2. The largest absolute Gasteiger partial charge is 0.320 e. The lowest BCUT2D eigenvalue weighted by molar-refractivity contribution is -0.114. The maximum Gasteiger partial charge on any atom is 0.299 e. The number of nitrogens with zero attached hydrogens (tertiary/aromatic N) is 1. The Hall–Kier alpha value is -1.46. The van der Waals surface area contributed by atoms with Crippen LogP contribution in [0.1, 0.15) is 16.8 Å². The molecule has 1 aliphatic rings. The minimum Gasteiger partial charge on any atom is -0.320 e. The monoisotopic (exact) mass is 270 g/mol. The van der Waals surface area contributed by atoms with E-state index < -0.39 is 17.5 Å². The molecular weight excluding hydrogens is 259 g/mol. The van der Waals surface area contributed by atoms with Crippen molar-refractivity contribution in [3.63, 3.8) is 0 Å². The van der Waals surface area contributed by atoms with Crippen molar-refractivity contribution in [2.75, 3.05) is 25.0 Å². The van der Waals surface area contributed by atoms with Gasteiger partial charge in [-0.05, 0) is 32.1 Å². The van der Waals surface area contributed by atoms with Gasteiger partial charge in [0.1, 0.15) is 5.82 Å². The molecule has 0 fully saturated rings. The van der Waals surface area contributed by atoms with Crippen molar-refractivity contribution in [2.24, 2.45) is 0 Å². The van der Waals surface area contributed by atoms with Crippen LogP contribution in [0.3, 0.4) is 0 Å². The van der Waals surface area contributed by atoms with E-state index in [4.69, 9.17) is 11.6 Å². The highest BCUT2D eigenvalue weighted by Crippen LogP contribution is 2.33. The quantitative estimate of drug-likeness (QED) is 0.668. The Morgan fingerprint density at radius 1 is 1.39 bits per heavy atom. The molecule has 0 spiro atoms. The normalized spacial score (nSPS) is 14.3. The lowest BCUT2D eigenvalue weighted by Crippen LogP contribution is -2.32. The van der Waals surface area contributed by atoms with E-state index in [9.17, 15) is 14.0 Å². The van der Waals surface area contributed by atoms with Crippen LogP contribution in [-0.2, 0) is 4.79 Å². The molecule has 0 bridgehead atoms. The van der Waals surface area contributed by atoms with E-state index in [1.165, 1.54) is 11.0 Å². The molecule has 6 heteroatoms. The molecule has 1 amide bonds. The zero-order chi connectivity index (χ0) is 13.3. The number of hydrogen-bond donors (Lipinski definition) is 1. The predicted octanol–water partition coefficient (Wildman–Crippen LogP) is 1.62. The third-order valence-electron chi connectivity index (χ3n) is 2.82. The van der Waals surface area contributed by atoms with Gasteiger partial charge in [0.2, 0.25) is 0 Å². The minimum atomic E-state index is -0.628. The molecular formula is C12H12ClFN2O2. The average molecular weight is 271 g/mol. The smallest absolute Gasteiger partial charge is 0.299 e. The first-order chi connectivity index (χ1) is 8.56. The van der Waals surface area contributed by atoms with Gasteiger partial charge in [-0.15, -0.1) is 0 Å². The Bertz CT molecular complexity index is 519. The van der Waals surface area contributed by atoms with Gasteiger partial charge in [-0.1, -0.05) is 11.6 Å². The molecule has 0 saturated carbocycles. The summed E-state index contributed by atoms with van der Waals surface area (Å²) < 4.78 is 13.4. The first-order valence-corrected chi connectivity index (χ1v) is 5.94. The van der Waals surface area contributed by atoms with Gasteiger partial charge < -0.3 is 10.2 Å². The van der Waals surface area contributed by atoms with Crippen LogP contribution >= 0.6 is 11.6 Å². The molecule has 0 radical (unpaired) electrons. The summed E-state index contributed by atoms with van der Waals surface area (Å²) in [6.07, 6.45) is 0.680. The molecule has 1 aliphatic heterocycles. The highest BCUT2D eigenvalue weighted by molar-refractivity contribution is 6.52. The van der Waals surface area contributed by atoms with Crippen molar-refractivity contribution in [1.82, 2.24) is 5.32 Å². The van der Waals surface area contributed by atoms with E-state index in [1.807, 2.05) is 0 Å². The molecule has 0 unspecified atom stereocenters. The molecule has 0 saturated heterocycles. The molecule has 1 N–H and O–H groups in total. The summed E-state index contributed by atoms with van der Waals surface area (Å²) in [5, 5.41) is 2.80. The second kappa shape index (κ2) is 5.04. The summed E-state index contributed by atoms with van der Waals surface area (Å²) in [4.78, 5) is 24.8. The Labute approximate surface area is 109 Å². The number of nitrogens with one attached hydrogen (secondary N) is 1. The van der Waals surface area contributed by atoms with E-state index in [1.54, 1.807) is 7.05 Å². The van der Waals surface area contributed by atoms with Gasteiger partial charge in [0.15, 0.2) is 0 Å². The van der Waals surface area contributed by atoms with Gasteiger partial charge in [-0.2, -0.15) is 0 Å². The van der Waals surface area contributed by atoms with Crippen molar-refractivity contribution in [3.8, 4) is 0 Å². The highest BCUT2D eigenvalue weighted by Gasteiger charge is 2.36. The van der Waals surface area contributed by atoms with Crippen LogP contribution in [0.5, 0.6) is 0 Å². The maximum absolute atomic E-state index is 13.4. The number of amides is 1. The summed E-state index contributed by atoms with van der Waals surface area (Å²) in [6, 6.07) is 2.35. The first-order valence-electron chi connectivity index (χ1n) is 5.56. The third-order valence-corrected chi connectivity index (χ3v) is 3.11. The van der Waals surface area contributed by atoms with Gasteiger partial charge >= 0.3 is 0 Å². The van der Waals surface area contributed by atoms with Crippen LogP contribution in [-0.4, -0.2) is 31.8 Å². The van der Waals surface area contributed by atoms with Gasteiger partial charge in [-0.3, -0.25) is 9.59 Å². The van der Waals surface area contributed by atoms with Crippen LogP contribution in [0, 0.1) is 5.82 Å². The fourth-order valence-electron chi connectivity index (χ4n) is 1.92. The topological polar surface area (TPSA) is 49.4 Å². The zero-order valence-electron chi connectivity index (χ0n) is 9.80. The van der Waals surface area contributed by atoms with Gasteiger partial charge in [-0.25, -0.2) is 4.39 Å². The number of halogens is 2. The molecule has 1 aromatic carbocycles. The molecule has 1 aromatic rings. The van der Waals surface area contributed by atoms with Crippen molar-refractivity contribution in [1.29, 1.82) is 0 Å². The minimum absolute atomic E-state index is 0.146. The number of ketones is 1. The zero-order valence-corrected chi connectivity index (χ0v) is 10.6. The van der Waals surface area contributed by atoms with Gasteiger partial charge in [0, 0.05) is 6.54 Å². The molecule has 4 nitrogen and oxygen atoms in total. The Morgan fingerprint density at radius 2 is 2.11 bits per heavy atom. The van der Waals surface area contributed by atoms with Crippen LogP contribution in [0.2, 0.25) is 5.02 Å². The lowest BCUT2D eigenvalue weighted by atomic mass is 10.1. The maximum atomic E-state index is 13.4. The Kier molecular flexibility index (Phi) is 3.63. The average Bonchev–Trinajstić information content (AvgIpc) is 2.56. The number of rotatable bonds is 4. The summed E-state index contributed by atoms with van der Waals surface area (Å²) in [6.45, 7) is 1.09. The van der Waals surface area contributed by atoms with Crippen LogP contribution in [0.25, 0.3) is 0 Å². The van der Waals surface area contributed by atoms with E-state index in [2.05, 4.69) is 5.32 Å². The summed E-state index contributed by atoms with van der Waals surface area (Å²) in [5.41, 5.74) is 0.485. The van der Waals surface area contributed by atoms with Crippen molar-refractivity contribution >= 4 is 29.0 Å². The Morgan fingerprint density at radius 3 is 2.78 bits per heavy atom. The third kappa shape index (κ3) is 2.11. The Balaban J connectivity index is 2.33. The van der Waals surface area contributed by atoms with E-state index in [0.29, 0.717) is 25.2 Å². The number of hydrogen-bond acceptors (Lipinski definition) is 3. The summed E-state index contributed by atoms with van der Waals surface area (Å²) in [5.74, 6) is -1.88. The van der Waals surface area contributed by atoms with Crippen LogP contribution in [0.4, 0.5) is 10.1 Å². The fraction of sp³-hybridized carbons (Fsp3) is 0.333. The summed E-state index contributed by atoms with van der Waals surface area (Å²) in [7, 11) is 1.80. The van der Waals surface area contributed by atoms with Crippen LogP contribution in [0.15, 0.2) is 12.1 Å². The van der Waals surface area contributed by atoms with Crippen LogP contribution < -0.4 is 10.2 Å². The number of carbonyl (C=O) groups is 2. The predicted molar refractivity (Wildman–Crippen MR) is 66.6 cm³/mol. The molecule has 18 heavy (non-hydrogen) atoms. The first kappa shape index (κ1) is 13.0. The number of fused-ring (bicyclic) bond motifs is 1. The SMILES string of the molecule is CNCCCN1C(=O)C(=O)c2cc(Cl)c(F)cc21. The second-order valence-electron chi connectivity index (χ2n) is 4.03. The number of Topliss-reactive ketones (excluding diaryl/α,β-unsaturated/α-hetero) is 1. The molecule has 0 aromatic heterocycles. The van der Waals surface area contributed by atoms with Crippen molar-refractivity contribution < 1.29 is 14.0 Å². The molecule has 0 aliphatic carbocycles. The highest BCUT2D eigenvalue weighted by atomic mass is 35.5.